The number of thioether (sulfide) groups is 2. The molecule has 1 saturated heterocycles. The summed E-state index contributed by atoms with van der Waals surface area (Å²) in [5.41, 5.74) is 6.75. The molecule has 0 aliphatic carbocycles. The highest BCUT2D eigenvalue weighted by atomic mass is 32.2. The summed E-state index contributed by atoms with van der Waals surface area (Å²) in [7, 11) is 0. The van der Waals surface area contributed by atoms with Gasteiger partial charge < -0.3 is 21.0 Å². The molecular weight excluding hydrogens is 526 g/mol. The van der Waals surface area contributed by atoms with Crippen molar-refractivity contribution in [3.8, 4) is 0 Å². The van der Waals surface area contributed by atoms with Gasteiger partial charge in [-0.05, 0) is 36.1 Å². The monoisotopic (exact) mass is 547 g/mol. The maximum absolute atomic E-state index is 12.9. The van der Waals surface area contributed by atoms with E-state index in [1.165, 1.54) is 28.4 Å². The maximum Gasteiger partial charge on any atom is 0.352 e. The lowest BCUT2D eigenvalue weighted by molar-refractivity contribution is -0.150. The number of carboxylic acids is 1. The third-order valence-electron chi connectivity index (χ3n) is 4.97. The van der Waals surface area contributed by atoms with Crippen molar-refractivity contribution in [3.63, 3.8) is 0 Å². The number of nitrogens with zero attached hydrogens (tertiary/aromatic N) is 5. The number of fused-ring (bicyclic) bond motifs is 1. The molecule has 4 rings (SSSR count). The highest BCUT2D eigenvalue weighted by molar-refractivity contribution is 8.02. The van der Waals surface area contributed by atoms with Gasteiger partial charge in [0.05, 0.1) is 5.69 Å². The quantitative estimate of drug-likeness (QED) is 0.223. The van der Waals surface area contributed by atoms with Crippen molar-refractivity contribution in [1.29, 1.82) is 0 Å². The van der Waals surface area contributed by atoms with Crippen molar-refractivity contribution in [2.45, 2.75) is 18.3 Å². The molecule has 4 heterocycles. The fourth-order valence-corrected chi connectivity index (χ4v) is 6.07. The van der Waals surface area contributed by atoms with Crippen molar-refractivity contribution in [1.82, 2.24) is 24.6 Å². The van der Waals surface area contributed by atoms with Gasteiger partial charge in [0.2, 0.25) is 11.5 Å². The molecule has 4 N–H and O–H groups in total. The van der Waals surface area contributed by atoms with Crippen LogP contribution in [-0.4, -0.2) is 77.4 Å². The Bertz CT molecular complexity index is 1250. The van der Waals surface area contributed by atoms with Crippen LogP contribution in [0.2, 0.25) is 0 Å². The Balaban J connectivity index is 1.44. The van der Waals surface area contributed by atoms with Crippen LogP contribution in [0.4, 0.5) is 5.13 Å². The molecule has 2 aliphatic rings. The van der Waals surface area contributed by atoms with Crippen LogP contribution in [-0.2, 0) is 19.2 Å². The minimum absolute atomic E-state index is 0.0208. The lowest BCUT2D eigenvalue weighted by Crippen LogP contribution is -2.71. The molecule has 15 heteroatoms. The number of carbonyl (C=O) groups is 3. The second kappa shape index (κ2) is 11.5. The van der Waals surface area contributed by atoms with Crippen LogP contribution < -0.4 is 11.1 Å². The first-order valence-corrected chi connectivity index (χ1v) is 13.5. The highest BCUT2D eigenvalue weighted by Crippen LogP contribution is 2.41. The zero-order chi connectivity index (χ0) is 25.7. The van der Waals surface area contributed by atoms with Crippen LogP contribution in [0, 0.1) is 0 Å². The van der Waals surface area contributed by atoms with E-state index in [1.807, 2.05) is 29.7 Å². The van der Waals surface area contributed by atoms with Gasteiger partial charge in [0.25, 0.3) is 11.8 Å². The number of nitrogens with one attached hydrogen (secondary N) is 1. The van der Waals surface area contributed by atoms with Gasteiger partial charge in [-0.1, -0.05) is 11.2 Å². The molecule has 2 amide bonds. The van der Waals surface area contributed by atoms with Crippen molar-refractivity contribution < 1.29 is 24.3 Å². The number of amides is 2. The third kappa shape index (κ3) is 5.52. The summed E-state index contributed by atoms with van der Waals surface area (Å²) in [6.07, 6.45) is 3.52. The summed E-state index contributed by atoms with van der Waals surface area (Å²) in [5, 5.41) is 17.6. The number of aromatic nitrogens is 3. The Morgan fingerprint density at radius 1 is 1.44 bits per heavy atom. The second-order valence-corrected chi connectivity index (χ2v) is 10.1. The zero-order valence-electron chi connectivity index (χ0n) is 18.9. The second-order valence-electron chi connectivity index (χ2n) is 7.30. The maximum atomic E-state index is 12.9. The Morgan fingerprint density at radius 2 is 2.28 bits per heavy atom. The smallest absolute Gasteiger partial charge is 0.352 e. The number of nitrogen functional groups attached to an aromatic ring is 1. The lowest BCUT2D eigenvalue weighted by Gasteiger charge is -2.49. The number of nitrogens with two attached hydrogens (primary N) is 1. The molecule has 0 bridgehead atoms. The Hall–Kier alpha value is -3.43. The van der Waals surface area contributed by atoms with E-state index in [-0.39, 0.29) is 29.0 Å². The van der Waals surface area contributed by atoms with E-state index in [2.05, 4.69) is 24.8 Å². The van der Waals surface area contributed by atoms with Crippen molar-refractivity contribution in [2.75, 3.05) is 23.8 Å². The number of anilines is 1. The Labute approximate surface area is 218 Å². The number of rotatable bonds is 10. The van der Waals surface area contributed by atoms with Gasteiger partial charge in [-0.2, -0.15) is 9.36 Å². The summed E-state index contributed by atoms with van der Waals surface area (Å²) in [4.78, 5) is 52.2. The first-order chi connectivity index (χ1) is 17.4. The minimum atomic E-state index is -1.19. The SMILES string of the molecule is CCON=C(C(=O)NC1C(=O)N2C(C(=O)O)=C(CS/C=C\c3ccccn3)CS[C@H]12)c1nsc(N)n1. The Kier molecular flexibility index (Phi) is 8.22. The number of aliphatic carboxylic acids is 1. The average Bonchev–Trinajstić information content (AvgIpc) is 3.31. The summed E-state index contributed by atoms with van der Waals surface area (Å²) < 4.78 is 3.98. The average molecular weight is 548 g/mol. The number of pyridine rings is 1. The molecule has 188 valence electrons. The molecule has 0 aromatic carbocycles. The number of β-lactam (4-membered cyclic amide) rings is 1. The van der Waals surface area contributed by atoms with E-state index in [0.717, 1.165) is 17.2 Å². The van der Waals surface area contributed by atoms with E-state index in [4.69, 9.17) is 10.6 Å². The number of carboxylic acid groups (broad SMARTS) is 1. The number of hydrogen-bond donors (Lipinski definition) is 3. The molecule has 0 spiro atoms. The van der Waals surface area contributed by atoms with E-state index in [9.17, 15) is 19.5 Å². The zero-order valence-corrected chi connectivity index (χ0v) is 21.3. The van der Waals surface area contributed by atoms with Gasteiger partial charge in [-0.15, -0.1) is 23.5 Å². The number of oxime groups is 1. The van der Waals surface area contributed by atoms with Crippen molar-refractivity contribution in [2.24, 2.45) is 5.16 Å². The van der Waals surface area contributed by atoms with Crippen LogP contribution in [0.3, 0.4) is 0 Å². The minimum Gasteiger partial charge on any atom is -0.477 e. The van der Waals surface area contributed by atoms with Crippen molar-refractivity contribution in [3.05, 3.63) is 52.6 Å². The molecule has 1 fully saturated rings. The standard InChI is InChI=1S/C21H21N7O5S3/c1-2-33-26-13(16-25-21(22)36-27-16)17(29)24-14-18(30)28-15(20(31)32)11(10-35-19(14)28)9-34-8-6-12-5-3-4-7-23-12/h3-8,14,19H,2,9-10H2,1H3,(H,24,29)(H,31,32)(H2,22,25,27)/b8-6-,26-13?/t14?,19-/m1/s1. The molecule has 36 heavy (non-hydrogen) atoms. The highest BCUT2D eigenvalue weighted by Gasteiger charge is 2.54. The topological polar surface area (TPSA) is 173 Å². The van der Waals surface area contributed by atoms with E-state index < -0.39 is 29.2 Å². The van der Waals surface area contributed by atoms with Crippen LogP contribution >= 0.6 is 35.1 Å². The fourth-order valence-electron chi connectivity index (χ4n) is 3.39. The molecule has 0 saturated carbocycles. The molecule has 2 atom stereocenters. The normalized spacial score (nSPS) is 19.8. The van der Waals surface area contributed by atoms with Crippen LogP contribution in [0.5, 0.6) is 0 Å². The molecule has 2 aliphatic heterocycles. The first-order valence-electron chi connectivity index (χ1n) is 10.6. The van der Waals surface area contributed by atoms with Gasteiger partial charge in [-0.3, -0.25) is 19.5 Å². The molecule has 0 radical (unpaired) electrons. The predicted molar refractivity (Wildman–Crippen MR) is 138 cm³/mol. The van der Waals surface area contributed by atoms with Gasteiger partial charge in [0.15, 0.2) is 5.13 Å². The fraction of sp³-hybridized carbons (Fsp3) is 0.286. The summed E-state index contributed by atoms with van der Waals surface area (Å²) in [6, 6.07) is 4.62. The molecule has 12 nitrogen and oxygen atoms in total. The molecule has 1 unspecified atom stereocenters. The Morgan fingerprint density at radius 3 is 2.94 bits per heavy atom. The number of hydrogen-bond acceptors (Lipinski definition) is 12. The third-order valence-corrected chi connectivity index (χ3v) is 7.70. The summed E-state index contributed by atoms with van der Waals surface area (Å²) >= 11 is 3.68. The largest absolute Gasteiger partial charge is 0.477 e. The molecule has 2 aromatic rings. The van der Waals surface area contributed by atoms with Crippen LogP contribution in [0.15, 0.2) is 46.2 Å². The van der Waals surface area contributed by atoms with E-state index >= 15 is 0 Å². The van der Waals surface area contributed by atoms with Gasteiger partial charge in [0.1, 0.15) is 23.7 Å². The molecular formula is C21H21N7O5S3. The first kappa shape index (κ1) is 25.7. The van der Waals surface area contributed by atoms with Gasteiger partial charge in [-0.25, -0.2) is 4.79 Å². The van der Waals surface area contributed by atoms with Crippen LogP contribution in [0.25, 0.3) is 6.08 Å². The van der Waals surface area contributed by atoms with Gasteiger partial charge in [0, 0.05) is 29.2 Å². The van der Waals surface area contributed by atoms with Crippen LogP contribution in [0.1, 0.15) is 18.4 Å². The summed E-state index contributed by atoms with van der Waals surface area (Å²) in [5.74, 6) is -1.66. The predicted octanol–water partition coefficient (Wildman–Crippen LogP) is 1.40. The van der Waals surface area contributed by atoms with Crippen molar-refractivity contribution >= 4 is 69.8 Å². The number of carbonyl (C=O) groups excluding carboxylic acids is 2. The van der Waals surface area contributed by atoms with Gasteiger partial charge >= 0.3 is 5.97 Å². The summed E-state index contributed by atoms with van der Waals surface area (Å²) in [6.45, 7) is 1.90. The van der Waals surface area contributed by atoms with E-state index in [0.29, 0.717) is 17.1 Å². The lowest BCUT2D eigenvalue weighted by atomic mass is 10.0. The van der Waals surface area contributed by atoms with E-state index in [1.54, 1.807) is 13.1 Å². The molecule has 2 aromatic heterocycles.